The van der Waals surface area contributed by atoms with Crippen LogP contribution in [0.25, 0.3) is 0 Å². The molecule has 1 rings (SSSR count). The average Bonchev–Trinajstić information content (AvgIpc) is 2.05. The van der Waals surface area contributed by atoms with Crippen LogP contribution in [-0.4, -0.2) is 0 Å². The van der Waals surface area contributed by atoms with Crippen LogP contribution in [0.15, 0.2) is 24.3 Å². The fourth-order valence-corrected chi connectivity index (χ4v) is 1.18. The zero-order valence-corrected chi connectivity index (χ0v) is 7.67. The van der Waals surface area contributed by atoms with Crippen molar-refractivity contribution in [1.29, 1.82) is 0 Å². The summed E-state index contributed by atoms with van der Waals surface area (Å²) >= 11 is 0. The van der Waals surface area contributed by atoms with E-state index in [0.29, 0.717) is 5.92 Å². The molecule has 1 aromatic rings. The Labute approximate surface area is 73.8 Å². The van der Waals surface area contributed by atoms with Crippen molar-refractivity contribution in [2.45, 2.75) is 26.3 Å². The molecule has 0 spiro atoms. The Bertz CT molecular complexity index is 243. The Kier molecular flexibility index (Phi) is 3.26. The van der Waals surface area contributed by atoms with Crippen LogP contribution >= 0.6 is 0 Å². The molecule has 12 heavy (non-hydrogen) atoms. The van der Waals surface area contributed by atoms with E-state index >= 15 is 0 Å². The van der Waals surface area contributed by atoms with Gasteiger partial charge in [-0.05, 0) is 17.0 Å². The third kappa shape index (κ3) is 2.32. The second-order valence-corrected chi connectivity index (χ2v) is 3.28. The first-order valence-corrected chi connectivity index (χ1v) is 4.26. The number of nitrogens with one attached hydrogen (secondary N) is 1. The summed E-state index contributed by atoms with van der Waals surface area (Å²) in [6, 6.07) is 8.48. The first kappa shape index (κ1) is 9.23. The van der Waals surface area contributed by atoms with Crippen molar-refractivity contribution in [1.82, 2.24) is 5.43 Å². The van der Waals surface area contributed by atoms with Crippen molar-refractivity contribution in [3.63, 3.8) is 0 Å². The first-order chi connectivity index (χ1) is 5.74. The third-order valence-electron chi connectivity index (χ3n) is 1.92. The predicted molar refractivity (Wildman–Crippen MR) is 51.6 cm³/mol. The molecule has 0 heterocycles. The highest BCUT2D eigenvalue weighted by atomic mass is 15.2. The van der Waals surface area contributed by atoms with E-state index in [1.54, 1.807) is 0 Å². The van der Waals surface area contributed by atoms with Crippen molar-refractivity contribution < 1.29 is 0 Å². The van der Waals surface area contributed by atoms with Gasteiger partial charge in [0.1, 0.15) is 0 Å². The molecule has 0 atom stereocenters. The fraction of sp³-hybridized carbons (Fsp3) is 0.400. The Balaban J connectivity index is 2.81. The van der Waals surface area contributed by atoms with E-state index in [4.69, 9.17) is 5.84 Å². The summed E-state index contributed by atoms with van der Waals surface area (Å²) in [6.45, 7) is 5.12. The molecule has 0 aliphatic carbocycles. The molecule has 3 N–H and O–H groups in total. The van der Waals surface area contributed by atoms with Crippen molar-refractivity contribution in [3.8, 4) is 0 Å². The molecule has 2 nitrogen and oxygen atoms in total. The Hall–Kier alpha value is -0.860. The largest absolute Gasteiger partial charge is 0.271 e. The van der Waals surface area contributed by atoms with Gasteiger partial charge in [-0.15, -0.1) is 0 Å². The molecule has 66 valence electrons. The number of nitrogens with two attached hydrogens (primary N) is 1. The molecule has 0 bridgehead atoms. The van der Waals surface area contributed by atoms with Gasteiger partial charge in [0.2, 0.25) is 0 Å². The Morgan fingerprint density at radius 1 is 1.42 bits per heavy atom. The Morgan fingerprint density at radius 3 is 2.75 bits per heavy atom. The second-order valence-electron chi connectivity index (χ2n) is 3.28. The average molecular weight is 164 g/mol. The zero-order valence-electron chi connectivity index (χ0n) is 7.67. The van der Waals surface area contributed by atoms with Gasteiger partial charge in [0.25, 0.3) is 0 Å². The monoisotopic (exact) mass is 164 g/mol. The summed E-state index contributed by atoms with van der Waals surface area (Å²) < 4.78 is 0. The highest BCUT2D eigenvalue weighted by Gasteiger charge is 1.98. The minimum Gasteiger partial charge on any atom is -0.271 e. The molecule has 0 saturated carbocycles. The quantitative estimate of drug-likeness (QED) is 0.528. The van der Waals surface area contributed by atoms with Crippen LogP contribution in [0.5, 0.6) is 0 Å². The van der Waals surface area contributed by atoms with E-state index in [1.165, 1.54) is 11.1 Å². The molecule has 0 unspecified atom stereocenters. The van der Waals surface area contributed by atoms with Gasteiger partial charge in [0.15, 0.2) is 0 Å². The minimum atomic E-state index is 0.586. The number of hydrogen-bond donors (Lipinski definition) is 2. The smallest absolute Gasteiger partial charge is 0.0348 e. The highest BCUT2D eigenvalue weighted by molar-refractivity contribution is 5.25. The van der Waals surface area contributed by atoms with Crippen LogP contribution in [0, 0.1) is 0 Å². The van der Waals surface area contributed by atoms with Crippen LogP contribution in [-0.2, 0) is 6.54 Å². The lowest BCUT2D eigenvalue weighted by Gasteiger charge is -2.07. The molecule has 1 aromatic carbocycles. The molecular formula is C10H16N2. The Morgan fingerprint density at radius 2 is 2.17 bits per heavy atom. The number of benzene rings is 1. The van der Waals surface area contributed by atoms with Crippen molar-refractivity contribution >= 4 is 0 Å². The van der Waals surface area contributed by atoms with Gasteiger partial charge in [0, 0.05) is 6.54 Å². The van der Waals surface area contributed by atoms with Gasteiger partial charge in [-0.1, -0.05) is 38.1 Å². The second kappa shape index (κ2) is 4.24. The van der Waals surface area contributed by atoms with E-state index in [1.807, 2.05) is 0 Å². The maximum Gasteiger partial charge on any atom is 0.0348 e. The lowest BCUT2D eigenvalue weighted by molar-refractivity contribution is 0.738. The summed E-state index contributed by atoms with van der Waals surface area (Å²) in [4.78, 5) is 0. The summed E-state index contributed by atoms with van der Waals surface area (Å²) in [7, 11) is 0. The van der Waals surface area contributed by atoms with E-state index in [0.717, 1.165) is 6.54 Å². The molecule has 0 aliphatic heterocycles. The van der Waals surface area contributed by atoms with Crippen LogP contribution < -0.4 is 11.3 Å². The number of hydrazine groups is 1. The van der Waals surface area contributed by atoms with Gasteiger partial charge >= 0.3 is 0 Å². The van der Waals surface area contributed by atoms with Crippen molar-refractivity contribution in [2.24, 2.45) is 5.84 Å². The van der Waals surface area contributed by atoms with Gasteiger partial charge in [-0.2, -0.15) is 0 Å². The predicted octanol–water partition coefficient (Wildman–Crippen LogP) is 1.77. The van der Waals surface area contributed by atoms with Gasteiger partial charge in [-0.3, -0.25) is 11.3 Å². The lowest BCUT2D eigenvalue weighted by atomic mass is 10.0. The molecule has 0 aromatic heterocycles. The summed E-state index contributed by atoms with van der Waals surface area (Å²) in [5.41, 5.74) is 5.25. The van der Waals surface area contributed by atoms with Crippen molar-refractivity contribution in [2.75, 3.05) is 0 Å². The molecule has 0 fully saturated rings. The van der Waals surface area contributed by atoms with Gasteiger partial charge < -0.3 is 0 Å². The normalized spacial score (nSPS) is 10.7. The first-order valence-electron chi connectivity index (χ1n) is 4.26. The molecule has 0 amide bonds. The third-order valence-corrected chi connectivity index (χ3v) is 1.92. The van der Waals surface area contributed by atoms with Crippen LogP contribution in [0.1, 0.15) is 30.9 Å². The zero-order chi connectivity index (χ0) is 8.97. The standard InChI is InChI=1S/C10H16N2/c1-8(2)10-5-3-4-9(6-10)7-12-11/h3-6,8,12H,7,11H2,1-2H3. The van der Waals surface area contributed by atoms with Gasteiger partial charge in [-0.25, -0.2) is 0 Å². The van der Waals surface area contributed by atoms with Crippen molar-refractivity contribution in [3.05, 3.63) is 35.4 Å². The number of hydrogen-bond acceptors (Lipinski definition) is 2. The molecule has 2 heteroatoms. The maximum absolute atomic E-state index is 5.24. The van der Waals surface area contributed by atoms with E-state index in [9.17, 15) is 0 Å². The van der Waals surface area contributed by atoms with E-state index in [2.05, 4.69) is 43.5 Å². The minimum absolute atomic E-state index is 0.586. The summed E-state index contributed by atoms with van der Waals surface area (Å²) in [6.07, 6.45) is 0. The van der Waals surface area contributed by atoms with E-state index in [-0.39, 0.29) is 0 Å². The van der Waals surface area contributed by atoms with Gasteiger partial charge in [0.05, 0.1) is 0 Å². The fourth-order valence-electron chi connectivity index (χ4n) is 1.18. The van der Waals surface area contributed by atoms with E-state index < -0.39 is 0 Å². The summed E-state index contributed by atoms with van der Waals surface area (Å²) in [5, 5.41) is 0. The van der Waals surface area contributed by atoms with Crippen LogP contribution in [0.3, 0.4) is 0 Å². The number of rotatable bonds is 3. The SMILES string of the molecule is CC(C)c1cccc(CNN)c1. The molecular weight excluding hydrogens is 148 g/mol. The lowest BCUT2D eigenvalue weighted by Crippen LogP contribution is -2.20. The van der Waals surface area contributed by atoms with Crippen LogP contribution in [0.2, 0.25) is 0 Å². The summed E-state index contributed by atoms with van der Waals surface area (Å²) in [5.74, 6) is 5.82. The maximum atomic E-state index is 5.24. The topological polar surface area (TPSA) is 38.0 Å². The van der Waals surface area contributed by atoms with Crippen LogP contribution in [0.4, 0.5) is 0 Å². The molecule has 0 radical (unpaired) electrons. The highest BCUT2D eigenvalue weighted by Crippen LogP contribution is 2.15. The molecule has 0 saturated heterocycles. The molecule has 0 aliphatic rings.